The van der Waals surface area contributed by atoms with Gasteiger partial charge in [0, 0.05) is 29.7 Å². The summed E-state index contributed by atoms with van der Waals surface area (Å²) >= 11 is 0. The highest BCUT2D eigenvalue weighted by atomic mass is 16.3. The molecule has 1 unspecified atom stereocenters. The van der Waals surface area contributed by atoms with Crippen LogP contribution in [0.15, 0.2) is 24.4 Å². The molecule has 1 amide bonds. The Morgan fingerprint density at radius 2 is 2.28 bits per heavy atom. The van der Waals surface area contributed by atoms with E-state index in [2.05, 4.69) is 28.2 Å². The molecule has 0 aliphatic carbocycles. The molecule has 1 aliphatic rings. The average molecular weight is 343 g/mol. The minimum absolute atomic E-state index is 0.0820. The number of hydrogen-bond acceptors (Lipinski definition) is 3. The molecule has 0 bridgehead atoms. The number of aryl methyl sites for hydroxylation is 1. The van der Waals surface area contributed by atoms with E-state index in [0.29, 0.717) is 12.5 Å². The molecule has 0 radical (unpaired) electrons. The van der Waals surface area contributed by atoms with Crippen LogP contribution < -0.4 is 5.32 Å². The van der Waals surface area contributed by atoms with Crippen LogP contribution >= 0.6 is 0 Å². The summed E-state index contributed by atoms with van der Waals surface area (Å²) in [5, 5.41) is 13.5. The van der Waals surface area contributed by atoms with E-state index in [1.165, 1.54) is 17.4 Å². The van der Waals surface area contributed by atoms with Crippen LogP contribution in [0.4, 0.5) is 0 Å². The van der Waals surface area contributed by atoms with Crippen molar-refractivity contribution < 1.29 is 9.90 Å². The lowest BCUT2D eigenvalue weighted by atomic mass is 10.1. The van der Waals surface area contributed by atoms with Crippen LogP contribution in [0, 0.1) is 6.92 Å². The van der Waals surface area contributed by atoms with Crippen molar-refractivity contribution in [1.82, 2.24) is 15.2 Å². The van der Waals surface area contributed by atoms with E-state index in [0.717, 1.165) is 50.0 Å². The number of carbonyl (C=O) groups excluding carboxylic acids is 1. The normalized spacial score (nSPS) is 18.1. The van der Waals surface area contributed by atoms with E-state index >= 15 is 0 Å². The second kappa shape index (κ2) is 8.50. The maximum Gasteiger partial charge on any atom is 0.224 e. The fourth-order valence-corrected chi connectivity index (χ4v) is 3.89. The van der Waals surface area contributed by atoms with Crippen LogP contribution in [-0.2, 0) is 11.2 Å². The third-order valence-corrected chi connectivity index (χ3v) is 5.25. The fourth-order valence-electron chi connectivity index (χ4n) is 3.89. The minimum atomic E-state index is 0.0820. The molecule has 5 nitrogen and oxygen atoms in total. The summed E-state index contributed by atoms with van der Waals surface area (Å²) < 4.78 is 0. The standard InChI is InChI=1S/C20H29N3O2/c1-15-6-4-8-18-20(15)16(13-22-18)12-19(25)21-9-2-3-10-23-11-5-7-17(23)14-24/h4,6,8,13,17,22,24H,2-3,5,7,9-12,14H2,1H3,(H,21,25). The van der Waals surface area contributed by atoms with Gasteiger partial charge in [-0.05, 0) is 62.9 Å². The Bertz CT molecular complexity index is 710. The molecule has 2 heterocycles. The van der Waals surface area contributed by atoms with Gasteiger partial charge in [0.05, 0.1) is 13.0 Å². The van der Waals surface area contributed by atoms with Crippen LogP contribution in [0.3, 0.4) is 0 Å². The van der Waals surface area contributed by atoms with Crippen LogP contribution in [-0.4, -0.2) is 53.2 Å². The number of aromatic nitrogens is 1. The van der Waals surface area contributed by atoms with E-state index in [4.69, 9.17) is 0 Å². The second-order valence-electron chi connectivity index (χ2n) is 7.06. The molecular formula is C20H29N3O2. The van der Waals surface area contributed by atoms with Gasteiger partial charge < -0.3 is 15.4 Å². The number of H-pyrrole nitrogens is 1. The van der Waals surface area contributed by atoms with Crippen LogP contribution in [0.25, 0.3) is 10.9 Å². The van der Waals surface area contributed by atoms with Crippen molar-refractivity contribution in [3.05, 3.63) is 35.5 Å². The zero-order valence-electron chi connectivity index (χ0n) is 15.1. The summed E-state index contributed by atoms with van der Waals surface area (Å²) in [7, 11) is 0. The van der Waals surface area contributed by atoms with Gasteiger partial charge in [0.25, 0.3) is 0 Å². The fraction of sp³-hybridized carbons (Fsp3) is 0.550. The monoisotopic (exact) mass is 343 g/mol. The maximum atomic E-state index is 12.2. The number of benzene rings is 1. The highest BCUT2D eigenvalue weighted by Gasteiger charge is 2.22. The summed E-state index contributed by atoms with van der Waals surface area (Å²) in [5.74, 6) is 0.0820. The van der Waals surface area contributed by atoms with Gasteiger partial charge in [0.15, 0.2) is 0 Å². The third kappa shape index (κ3) is 4.41. The molecule has 1 aromatic heterocycles. The van der Waals surface area contributed by atoms with Crippen molar-refractivity contribution in [2.75, 3.05) is 26.2 Å². The molecule has 3 rings (SSSR count). The summed E-state index contributed by atoms with van der Waals surface area (Å²) in [6.07, 6.45) is 6.70. The lowest BCUT2D eigenvalue weighted by Gasteiger charge is -2.22. The summed E-state index contributed by atoms with van der Waals surface area (Å²) in [6, 6.07) is 6.50. The molecule has 1 saturated heterocycles. The van der Waals surface area contributed by atoms with E-state index in [9.17, 15) is 9.90 Å². The van der Waals surface area contributed by atoms with Crippen LogP contribution in [0.1, 0.15) is 36.8 Å². The molecular weight excluding hydrogens is 314 g/mol. The minimum Gasteiger partial charge on any atom is -0.395 e. The molecule has 1 aliphatic heterocycles. The Labute approximate surface area is 149 Å². The van der Waals surface area contributed by atoms with Crippen LogP contribution in [0.5, 0.6) is 0 Å². The third-order valence-electron chi connectivity index (χ3n) is 5.25. The van der Waals surface area contributed by atoms with Crippen molar-refractivity contribution in [1.29, 1.82) is 0 Å². The van der Waals surface area contributed by atoms with Gasteiger partial charge in [-0.3, -0.25) is 9.69 Å². The number of nitrogens with zero attached hydrogens (tertiary/aromatic N) is 1. The molecule has 5 heteroatoms. The van der Waals surface area contributed by atoms with Crippen molar-refractivity contribution in [3.63, 3.8) is 0 Å². The smallest absolute Gasteiger partial charge is 0.224 e. The number of carbonyl (C=O) groups is 1. The van der Waals surface area contributed by atoms with Gasteiger partial charge >= 0.3 is 0 Å². The number of aromatic amines is 1. The Morgan fingerprint density at radius 3 is 3.12 bits per heavy atom. The number of aliphatic hydroxyl groups excluding tert-OH is 1. The Kier molecular flexibility index (Phi) is 6.10. The quantitative estimate of drug-likeness (QED) is 0.645. The van der Waals surface area contributed by atoms with Crippen molar-refractivity contribution in [2.45, 2.75) is 45.1 Å². The first-order chi connectivity index (χ1) is 12.2. The lowest BCUT2D eigenvalue weighted by molar-refractivity contribution is -0.120. The first-order valence-electron chi connectivity index (χ1n) is 9.36. The molecule has 1 aromatic carbocycles. The van der Waals surface area contributed by atoms with Crippen molar-refractivity contribution >= 4 is 16.8 Å². The first kappa shape index (κ1) is 18.0. The number of amides is 1. The Morgan fingerprint density at radius 1 is 1.40 bits per heavy atom. The highest BCUT2D eigenvalue weighted by Crippen LogP contribution is 2.22. The van der Waals surface area contributed by atoms with Gasteiger partial charge in [-0.1, -0.05) is 12.1 Å². The molecule has 2 aromatic rings. The van der Waals surface area contributed by atoms with Gasteiger partial charge in [-0.2, -0.15) is 0 Å². The SMILES string of the molecule is Cc1cccc2[nH]cc(CC(=O)NCCCCN3CCCC3CO)c12. The number of unbranched alkanes of at least 4 members (excludes halogenated alkanes) is 1. The average Bonchev–Trinajstić information content (AvgIpc) is 3.22. The van der Waals surface area contributed by atoms with E-state index < -0.39 is 0 Å². The summed E-state index contributed by atoms with van der Waals surface area (Å²) in [5.41, 5.74) is 3.35. The summed E-state index contributed by atoms with van der Waals surface area (Å²) in [4.78, 5) is 17.8. The largest absolute Gasteiger partial charge is 0.395 e. The van der Waals surface area contributed by atoms with Gasteiger partial charge in [-0.15, -0.1) is 0 Å². The molecule has 136 valence electrons. The lowest BCUT2D eigenvalue weighted by Crippen LogP contribution is -2.33. The molecule has 1 fully saturated rings. The zero-order chi connectivity index (χ0) is 17.6. The maximum absolute atomic E-state index is 12.2. The van der Waals surface area contributed by atoms with Gasteiger partial charge in [0.1, 0.15) is 0 Å². The van der Waals surface area contributed by atoms with Gasteiger partial charge in [0.2, 0.25) is 5.91 Å². The molecule has 25 heavy (non-hydrogen) atoms. The number of aliphatic hydroxyl groups is 1. The number of nitrogens with one attached hydrogen (secondary N) is 2. The predicted octanol–water partition coefficient (Wildman–Crippen LogP) is 2.37. The van der Waals surface area contributed by atoms with Crippen molar-refractivity contribution in [3.8, 4) is 0 Å². The van der Waals surface area contributed by atoms with Crippen LogP contribution in [0.2, 0.25) is 0 Å². The number of hydrogen-bond donors (Lipinski definition) is 3. The Balaban J connectivity index is 1.39. The molecule has 3 N–H and O–H groups in total. The number of fused-ring (bicyclic) bond motifs is 1. The first-order valence-corrected chi connectivity index (χ1v) is 9.36. The van der Waals surface area contributed by atoms with Gasteiger partial charge in [-0.25, -0.2) is 0 Å². The van der Waals surface area contributed by atoms with E-state index in [1.807, 2.05) is 18.3 Å². The molecule has 0 saturated carbocycles. The van der Waals surface area contributed by atoms with E-state index in [1.54, 1.807) is 0 Å². The van der Waals surface area contributed by atoms with E-state index in [-0.39, 0.29) is 12.5 Å². The number of likely N-dealkylation sites (tertiary alicyclic amines) is 1. The molecule has 1 atom stereocenters. The predicted molar refractivity (Wildman–Crippen MR) is 101 cm³/mol. The highest BCUT2D eigenvalue weighted by molar-refractivity contribution is 5.90. The van der Waals surface area contributed by atoms with Crippen molar-refractivity contribution in [2.24, 2.45) is 0 Å². The molecule has 0 spiro atoms. The zero-order valence-corrected chi connectivity index (χ0v) is 15.1. The Hall–Kier alpha value is -1.85. The number of rotatable bonds is 8. The summed E-state index contributed by atoms with van der Waals surface area (Å²) in [6.45, 7) is 5.17. The second-order valence-corrected chi connectivity index (χ2v) is 7.06. The topological polar surface area (TPSA) is 68.4 Å².